The minimum Gasteiger partial charge on any atom is -0.443 e. The second kappa shape index (κ2) is 4.02. The Hall–Kier alpha value is -1.75. The van der Waals surface area contributed by atoms with Gasteiger partial charge in [-0.15, -0.1) is 0 Å². The van der Waals surface area contributed by atoms with Crippen molar-refractivity contribution in [2.24, 2.45) is 0 Å². The van der Waals surface area contributed by atoms with Crippen molar-refractivity contribution in [3.8, 4) is 11.3 Å². The number of hydrogen-bond donors (Lipinski definition) is 1. The smallest absolute Gasteiger partial charge is 0.181 e. The van der Waals surface area contributed by atoms with Crippen molar-refractivity contribution >= 4 is 0 Å². The van der Waals surface area contributed by atoms with E-state index in [2.05, 4.69) is 4.98 Å². The van der Waals surface area contributed by atoms with Crippen LogP contribution in [0.4, 0.5) is 8.78 Å². The Morgan fingerprint density at radius 1 is 1.38 bits per heavy atom. The lowest BCUT2D eigenvalue weighted by Crippen LogP contribution is -1.95. The van der Waals surface area contributed by atoms with Gasteiger partial charge in [0, 0.05) is 0 Å². The molecule has 84 valence electrons. The van der Waals surface area contributed by atoms with Crippen molar-refractivity contribution in [2.75, 3.05) is 0 Å². The van der Waals surface area contributed by atoms with Crippen LogP contribution >= 0.6 is 0 Å². The van der Waals surface area contributed by atoms with E-state index in [-0.39, 0.29) is 17.0 Å². The van der Waals surface area contributed by atoms with Gasteiger partial charge in [-0.3, -0.25) is 0 Å². The summed E-state index contributed by atoms with van der Waals surface area (Å²) < 4.78 is 32.1. The summed E-state index contributed by atoms with van der Waals surface area (Å²) in [5.41, 5.74) is 0.127. The molecule has 0 spiro atoms. The molecule has 0 radical (unpaired) electrons. The van der Waals surface area contributed by atoms with Gasteiger partial charge in [-0.2, -0.15) is 0 Å². The van der Waals surface area contributed by atoms with Crippen LogP contribution in [-0.2, 0) is 6.61 Å². The number of aliphatic hydroxyl groups is 1. The summed E-state index contributed by atoms with van der Waals surface area (Å²) in [5, 5.41) is 8.95. The highest BCUT2D eigenvalue weighted by atomic mass is 19.1. The topological polar surface area (TPSA) is 46.3 Å². The molecule has 0 aliphatic rings. The van der Waals surface area contributed by atoms with E-state index >= 15 is 0 Å². The number of rotatable bonds is 2. The molecule has 0 unspecified atom stereocenters. The van der Waals surface area contributed by atoms with Gasteiger partial charge in [-0.1, -0.05) is 6.07 Å². The van der Waals surface area contributed by atoms with Gasteiger partial charge >= 0.3 is 0 Å². The first kappa shape index (κ1) is 10.8. The molecule has 1 aromatic carbocycles. The Labute approximate surface area is 90.4 Å². The highest BCUT2D eigenvalue weighted by molar-refractivity contribution is 5.62. The fourth-order valence-electron chi connectivity index (χ4n) is 1.45. The minimum absolute atomic E-state index is 0.0683. The lowest BCUT2D eigenvalue weighted by Gasteiger charge is -2.05. The van der Waals surface area contributed by atoms with Crippen molar-refractivity contribution in [3.05, 3.63) is 41.4 Å². The molecule has 0 atom stereocenters. The lowest BCUT2D eigenvalue weighted by atomic mass is 10.1. The summed E-state index contributed by atoms with van der Waals surface area (Å²) >= 11 is 0. The molecule has 16 heavy (non-hydrogen) atoms. The van der Waals surface area contributed by atoms with E-state index in [1.807, 2.05) is 0 Å². The molecule has 2 rings (SSSR count). The molecule has 0 fully saturated rings. The Kier molecular flexibility index (Phi) is 2.70. The third-order valence-electron chi connectivity index (χ3n) is 2.30. The van der Waals surface area contributed by atoms with Crippen LogP contribution in [0.3, 0.4) is 0 Å². The summed E-state index contributed by atoms with van der Waals surface area (Å²) in [7, 11) is 0. The third kappa shape index (κ3) is 1.59. The average molecular weight is 225 g/mol. The Balaban J connectivity index is 2.68. The van der Waals surface area contributed by atoms with Crippen molar-refractivity contribution < 1.29 is 18.3 Å². The summed E-state index contributed by atoms with van der Waals surface area (Å²) in [6.07, 6.45) is 1.04. The van der Waals surface area contributed by atoms with E-state index in [1.54, 1.807) is 0 Å². The lowest BCUT2D eigenvalue weighted by molar-refractivity contribution is 0.277. The second-order valence-corrected chi connectivity index (χ2v) is 3.34. The second-order valence-electron chi connectivity index (χ2n) is 3.34. The highest BCUT2D eigenvalue weighted by Gasteiger charge is 2.20. The summed E-state index contributed by atoms with van der Waals surface area (Å²) in [5.74, 6) is -1.51. The molecule has 1 aromatic heterocycles. The summed E-state index contributed by atoms with van der Waals surface area (Å²) in [6.45, 7) is 1.09. The minimum atomic E-state index is -0.741. The fraction of sp³-hybridized carbons (Fsp3) is 0.182. The van der Waals surface area contributed by atoms with Gasteiger partial charge < -0.3 is 9.52 Å². The maximum absolute atomic E-state index is 13.7. The predicted octanol–water partition coefficient (Wildman–Crippen LogP) is 2.42. The highest BCUT2D eigenvalue weighted by Crippen LogP contribution is 2.30. The number of oxazole rings is 1. The normalized spacial score (nSPS) is 10.8. The van der Waals surface area contributed by atoms with Crippen molar-refractivity contribution in [1.82, 2.24) is 4.98 Å². The van der Waals surface area contributed by atoms with Crippen LogP contribution < -0.4 is 0 Å². The first-order valence-corrected chi connectivity index (χ1v) is 4.63. The van der Waals surface area contributed by atoms with Crippen LogP contribution in [0.1, 0.15) is 11.3 Å². The monoisotopic (exact) mass is 225 g/mol. The molecular formula is C11H9F2NO2. The molecule has 0 bridgehead atoms. The van der Waals surface area contributed by atoms with Gasteiger partial charge in [-0.05, 0) is 18.6 Å². The zero-order valence-corrected chi connectivity index (χ0v) is 8.50. The zero-order chi connectivity index (χ0) is 11.7. The molecule has 2 aromatic rings. The molecule has 3 nitrogen and oxygen atoms in total. The SMILES string of the molecule is Cc1ccc(F)c(-c2ocnc2CO)c1F. The molecule has 0 saturated carbocycles. The van der Waals surface area contributed by atoms with Crippen LogP contribution in [0.2, 0.25) is 0 Å². The molecule has 5 heteroatoms. The molecule has 1 N–H and O–H groups in total. The fourth-order valence-corrected chi connectivity index (χ4v) is 1.45. The molecule has 0 amide bonds. The van der Waals surface area contributed by atoms with Crippen LogP contribution in [-0.4, -0.2) is 10.1 Å². The number of nitrogens with zero attached hydrogens (tertiary/aromatic N) is 1. The molecule has 0 saturated heterocycles. The van der Waals surface area contributed by atoms with Gasteiger partial charge in [0.05, 0.1) is 12.2 Å². The number of aromatic nitrogens is 1. The van der Waals surface area contributed by atoms with Crippen LogP contribution in [0.5, 0.6) is 0 Å². The average Bonchev–Trinajstić information content (AvgIpc) is 2.72. The number of hydrogen-bond acceptors (Lipinski definition) is 3. The number of aryl methyl sites for hydroxylation is 1. The molecular weight excluding hydrogens is 216 g/mol. The van der Waals surface area contributed by atoms with E-state index in [9.17, 15) is 8.78 Å². The summed E-state index contributed by atoms with van der Waals surface area (Å²) in [6, 6.07) is 2.49. The van der Waals surface area contributed by atoms with Crippen LogP contribution in [0.25, 0.3) is 11.3 Å². The Bertz CT molecular complexity index is 523. The summed E-state index contributed by atoms with van der Waals surface area (Å²) in [4.78, 5) is 3.67. The molecule has 0 aliphatic carbocycles. The number of benzene rings is 1. The van der Waals surface area contributed by atoms with Gasteiger partial charge in [-0.25, -0.2) is 13.8 Å². The maximum atomic E-state index is 13.7. The quantitative estimate of drug-likeness (QED) is 0.853. The van der Waals surface area contributed by atoms with Gasteiger partial charge in [0.25, 0.3) is 0 Å². The Morgan fingerprint density at radius 2 is 2.12 bits per heavy atom. The third-order valence-corrected chi connectivity index (χ3v) is 2.30. The number of halogens is 2. The van der Waals surface area contributed by atoms with Gasteiger partial charge in [0.1, 0.15) is 17.3 Å². The van der Waals surface area contributed by atoms with Crippen molar-refractivity contribution in [3.63, 3.8) is 0 Å². The Morgan fingerprint density at radius 3 is 2.81 bits per heavy atom. The van der Waals surface area contributed by atoms with Crippen molar-refractivity contribution in [1.29, 1.82) is 0 Å². The molecule has 1 heterocycles. The zero-order valence-electron chi connectivity index (χ0n) is 8.50. The largest absolute Gasteiger partial charge is 0.443 e. The first-order chi connectivity index (χ1) is 7.65. The van der Waals surface area contributed by atoms with E-state index in [0.717, 1.165) is 12.5 Å². The van der Waals surface area contributed by atoms with E-state index < -0.39 is 18.2 Å². The van der Waals surface area contributed by atoms with Gasteiger partial charge in [0.2, 0.25) is 0 Å². The number of aliphatic hydroxyl groups excluding tert-OH is 1. The van der Waals surface area contributed by atoms with E-state index in [0.29, 0.717) is 5.56 Å². The maximum Gasteiger partial charge on any atom is 0.181 e. The van der Waals surface area contributed by atoms with Crippen LogP contribution in [0.15, 0.2) is 22.9 Å². The first-order valence-electron chi connectivity index (χ1n) is 4.63. The van der Waals surface area contributed by atoms with Crippen LogP contribution in [0, 0.1) is 18.6 Å². The van der Waals surface area contributed by atoms with E-state index in [1.165, 1.54) is 13.0 Å². The van der Waals surface area contributed by atoms with E-state index in [4.69, 9.17) is 9.52 Å². The van der Waals surface area contributed by atoms with Crippen molar-refractivity contribution in [2.45, 2.75) is 13.5 Å². The predicted molar refractivity (Wildman–Crippen MR) is 52.5 cm³/mol. The molecule has 0 aliphatic heterocycles. The standard InChI is InChI=1S/C11H9F2NO2/c1-6-2-3-7(12)9(10(6)13)11-8(4-15)14-5-16-11/h2-3,5,15H,4H2,1H3. The van der Waals surface area contributed by atoms with Gasteiger partial charge in [0.15, 0.2) is 12.2 Å².